The maximum absolute atomic E-state index is 14.0. The zero-order valence-corrected chi connectivity index (χ0v) is 23.7. The molecule has 5 heterocycles. The first-order valence-electron chi connectivity index (χ1n) is 14.2. The van der Waals surface area contributed by atoms with Gasteiger partial charge in [-0.2, -0.15) is 5.10 Å². The van der Waals surface area contributed by atoms with E-state index in [2.05, 4.69) is 14.9 Å². The Kier molecular flexibility index (Phi) is 7.58. The molecule has 0 radical (unpaired) electrons. The summed E-state index contributed by atoms with van der Waals surface area (Å²) in [4.78, 5) is 20.5. The number of aliphatic hydroxyl groups is 1. The van der Waals surface area contributed by atoms with Crippen LogP contribution in [-0.4, -0.2) is 55.4 Å². The quantitative estimate of drug-likeness (QED) is 0.244. The highest BCUT2D eigenvalue weighted by Gasteiger charge is 2.36. The molecule has 0 amide bonds. The summed E-state index contributed by atoms with van der Waals surface area (Å²) < 4.78 is 35.5. The number of aliphatic hydroxyl groups excluding tert-OH is 1. The van der Waals surface area contributed by atoms with Crippen LogP contribution < -0.4 is 10.6 Å². The summed E-state index contributed by atoms with van der Waals surface area (Å²) in [5.41, 5.74) is 9.51. The molecule has 220 valence electrons. The average Bonchev–Trinajstić information content (AvgIpc) is 3.38. The lowest BCUT2D eigenvalue weighted by molar-refractivity contribution is -0.0368. The first-order chi connectivity index (χ1) is 20.3. The standard InChI is InChI=1S/C30H34F2N8O2/c1-18-22(32)15-21(16-34-18)35-29(33)30(2)10-12-39(13-11-30)27-23(17-41)36-26-25(19-6-8-20(31)9-7-19)38-40(28(26)37-27)24-5-3-4-14-42-24/h6-9,15-16,24,41H,3-5,10-14,17H2,1-2H3,(H2,33,35). The number of nitrogens with two attached hydrogens (primary N) is 1. The van der Waals surface area contributed by atoms with Crippen molar-refractivity contribution in [3.05, 3.63) is 59.6 Å². The molecule has 2 aliphatic rings. The second-order valence-electron chi connectivity index (χ2n) is 11.3. The predicted molar refractivity (Wildman–Crippen MR) is 155 cm³/mol. The molecule has 0 spiro atoms. The topological polar surface area (TPSA) is 128 Å². The van der Waals surface area contributed by atoms with E-state index >= 15 is 0 Å². The van der Waals surface area contributed by atoms with Crippen molar-refractivity contribution in [2.24, 2.45) is 16.1 Å². The number of benzene rings is 1. The first-order valence-corrected chi connectivity index (χ1v) is 14.2. The molecule has 4 aromatic rings. The molecule has 10 nitrogen and oxygen atoms in total. The van der Waals surface area contributed by atoms with Crippen molar-refractivity contribution in [2.45, 2.75) is 58.8 Å². The maximum atomic E-state index is 14.0. The highest BCUT2D eigenvalue weighted by molar-refractivity contribution is 5.90. The average molecular weight is 577 g/mol. The third-order valence-electron chi connectivity index (χ3n) is 8.32. The van der Waals surface area contributed by atoms with Crippen LogP contribution in [0.2, 0.25) is 0 Å². The second kappa shape index (κ2) is 11.3. The van der Waals surface area contributed by atoms with Gasteiger partial charge in [0.15, 0.2) is 17.7 Å². The lowest BCUT2D eigenvalue weighted by Gasteiger charge is -2.39. The highest BCUT2D eigenvalue weighted by atomic mass is 19.1. The second-order valence-corrected chi connectivity index (χ2v) is 11.3. The molecular formula is C30H34F2N8O2. The summed E-state index contributed by atoms with van der Waals surface area (Å²) in [6.45, 7) is 5.16. The first kappa shape index (κ1) is 28.1. The molecule has 1 unspecified atom stereocenters. The van der Waals surface area contributed by atoms with Gasteiger partial charge in [-0.1, -0.05) is 6.92 Å². The minimum absolute atomic E-state index is 0.292. The van der Waals surface area contributed by atoms with E-state index in [1.807, 2.05) is 6.92 Å². The molecule has 0 bridgehead atoms. The Labute approximate surface area is 242 Å². The van der Waals surface area contributed by atoms with Crippen LogP contribution in [0.4, 0.5) is 20.3 Å². The monoisotopic (exact) mass is 576 g/mol. The maximum Gasteiger partial charge on any atom is 0.182 e. The number of hydrogen-bond acceptors (Lipinski definition) is 8. The van der Waals surface area contributed by atoms with Crippen LogP contribution >= 0.6 is 0 Å². The number of fused-ring (bicyclic) bond motifs is 1. The molecule has 3 aromatic heterocycles. The molecule has 2 aliphatic heterocycles. The van der Waals surface area contributed by atoms with Crippen molar-refractivity contribution in [3.63, 3.8) is 0 Å². The Morgan fingerprint density at radius 1 is 1.17 bits per heavy atom. The molecule has 1 atom stereocenters. The lowest BCUT2D eigenvalue weighted by atomic mass is 9.79. The largest absolute Gasteiger partial charge is 0.390 e. The van der Waals surface area contributed by atoms with Crippen LogP contribution in [-0.2, 0) is 11.3 Å². The van der Waals surface area contributed by atoms with Gasteiger partial charge in [0.1, 0.15) is 34.4 Å². The molecule has 0 saturated carbocycles. The number of amidine groups is 1. The zero-order valence-electron chi connectivity index (χ0n) is 23.7. The van der Waals surface area contributed by atoms with E-state index in [0.717, 1.165) is 19.3 Å². The summed E-state index contributed by atoms with van der Waals surface area (Å²) >= 11 is 0. The fourth-order valence-electron chi connectivity index (χ4n) is 5.55. The minimum atomic E-state index is -0.421. The van der Waals surface area contributed by atoms with E-state index in [9.17, 15) is 13.9 Å². The number of aliphatic imine (C=N–C) groups is 1. The Morgan fingerprint density at radius 3 is 2.60 bits per heavy atom. The van der Waals surface area contributed by atoms with Crippen LogP contribution in [0.15, 0.2) is 41.5 Å². The number of anilines is 1. The van der Waals surface area contributed by atoms with Gasteiger partial charge in [-0.25, -0.2) is 28.4 Å². The number of hydrogen-bond donors (Lipinski definition) is 2. The zero-order chi connectivity index (χ0) is 29.4. The molecule has 6 rings (SSSR count). The van der Waals surface area contributed by atoms with Gasteiger partial charge in [-0.3, -0.25) is 4.98 Å². The van der Waals surface area contributed by atoms with Gasteiger partial charge in [0.25, 0.3) is 0 Å². The molecule has 2 saturated heterocycles. The third-order valence-corrected chi connectivity index (χ3v) is 8.32. The summed E-state index contributed by atoms with van der Waals surface area (Å²) in [5, 5.41) is 15.2. The highest BCUT2D eigenvalue weighted by Crippen LogP contribution is 2.37. The smallest absolute Gasteiger partial charge is 0.182 e. The van der Waals surface area contributed by atoms with E-state index in [4.69, 9.17) is 25.5 Å². The number of ether oxygens (including phenoxy) is 1. The third kappa shape index (κ3) is 5.32. The van der Waals surface area contributed by atoms with Crippen molar-refractivity contribution in [1.29, 1.82) is 0 Å². The minimum Gasteiger partial charge on any atom is -0.390 e. The summed E-state index contributed by atoms with van der Waals surface area (Å²) in [5.74, 6) is 0.241. The Morgan fingerprint density at radius 2 is 1.93 bits per heavy atom. The Hall–Kier alpha value is -4.03. The van der Waals surface area contributed by atoms with Crippen molar-refractivity contribution in [2.75, 3.05) is 24.6 Å². The Balaban J connectivity index is 1.33. The van der Waals surface area contributed by atoms with Crippen LogP contribution in [0, 0.1) is 24.0 Å². The molecular weight excluding hydrogens is 542 g/mol. The molecule has 12 heteroatoms. The number of aromatic nitrogens is 5. The molecule has 0 aliphatic carbocycles. The van der Waals surface area contributed by atoms with Crippen molar-refractivity contribution >= 4 is 28.5 Å². The summed E-state index contributed by atoms with van der Waals surface area (Å²) in [6.07, 6.45) is 5.34. The number of rotatable bonds is 6. The van der Waals surface area contributed by atoms with Crippen LogP contribution in [0.25, 0.3) is 22.4 Å². The number of halogens is 2. The molecule has 2 fully saturated rings. The number of nitrogens with zero attached hydrogens (tertiary/aromatic N) is 7. The van der Waals surface area contributed by atoms with E-state index in [0.29, 0.717) is 83.7 Å². The summed E-state index contributed by atoms with van der Waals surface area (Å²) in [7, 11) is 0. The van der Waals surface area contributed by atoms with Gasteiger partial charge >= 0.3 is 0 Å². The van der Waals surface area contributed by atoms with Crippen LogP contribution in [0.1, 0.15) is 56.6 Å². The van der Waals surface area contributed by atoms with Crippen LogP contribution in [0.5, 0.6) is 0 Å². The van der Waals surface area contributed by atoms with E-state index in [1.165, 1.54) is 24.4 Å². The van der Waals surface area contributed by atoms with Gasteiger partial charge in [0, 0.05) is 36.7 Å². The number of aryl methyl sites for hydroxylation is 1. The number of piperidine rings is 1. The van der Waals surface area contributed by atoms with Crippen molar-refractivity contribution in [1.82, 2.24) is 24.7 Å². The van der Waals surface area contributed by atoms with Gasteiger partial charge < -0.3 is 20.5 Å². The van der Waals surface area contributed by atoms with Crippen LogP contribution in [0.3, 0.4) is 0 Å². The van der Waals surface area contributed by atoms with E-state index < -0.39 is 11.2 Å². The fraction of sp³-hybridized carbons (Fsp3) is 0.433. The van der Waals surface area contributed by atoms with Gasteiger partial charge in [-0.15, -0.1) is 0 Å². The van der Waals surface area contributed by atoms with E-state index in [-0.39, 0.29) is 18.7 Å². The lowest BCUT2D eigenvalue weighted by Crippen LogP contribution is -2.46. The fourth-order valence-corrected chi connectivity index (χ4v) is 5.55. The number of pyridine rings is 1. The molecule has 42 heavy (non-hydrogen) atoms. The summed E-state index contributed by atoms with van der Waals surface area (Å²) in [6, 6.07) is 7.44. The van der Waals surface area contributed by atoms with Gasteiger partial charge in [0.05, 0.1) is 24.2 Å². The van der Waals surface area contributed by atoms with E-state index in [1.54, 1.807) is 23.7 Å². The predicted octanol–water partition coefficient (Wildman–Crippen LogP) is 4.96. The van der Waals surface area contributed by atoms with Gasteiger partial charge in [-0.05, 0) is 63.3 Å². The van der Waals surface area contributed by atoms with Gasteiger partial charge in [0.2, 0.25) is 0 Å². The molecule has 3 N–H and O–H groups in total. The Bertz CT molecular complexity index is 1620. The SMILES string of the molecule is Cc1ncc(N=C(N)C2(C)CCN(c3nc4c(nc3CO)c(-c3ccc(F)cc3)nn4C3CCCCO3)CC2)cc1F. The normalized spacial score (nSPS) is 19.4. The van der Waals surface area contributed by atoms with Crippen molar-refractivity contribution in [3.8, 4) is 11.3 Å². The van der Waals surface area contributed by atoms with Crippen molar-refractivity contribution < 1.29 is 18.6 Å². The molecule has 1 aromatic carbocycles.